The summed E-state index contributed by atoms with van der Waals surface area (Å²) < 4.78 is 6.59. The number of hydrogen-bond acceptors (Lipinski definition) is 2. The van der Waals surface area contributed by atoms with Gasteiger partial charge in [-0.25, -0.2) is 0 Å². The second kappa shape index (κ2) is 14.0. The molecule has 61 heavy (non-hydrogen) atoms. The molecule has 0 spiro atoms. The van der Waals surface area contributed by atoms with Gasteiger partial charge in [0.05, 0.1) is 5.69 Å². The topological polar surface area (TPSA) is 12.5 Å². The van der Waals surface area contributed by atoms with Crippen molar-refractivity contribution in [3.63, 3.8) is 0 Å². The molecule has 1 aliphatic heterocycles. The molecule has 0 aromatic heterocycles. The second-order valence-corrected chi connectivity index (χ2v) is 17.5. The van der Waals surface area contributed by atoms with E-state index >= 15 is 0 Å². The summed E-state index contributed by atoms with van der Waals surface area (Å²) in [6, 6.07) is 67.2. The lowest BCUT2D eigenvalue weighted by Crippen LogP contribution is -2.18. The van der Waals surface area contributed by atoms with Gasteiger partial charge in [-0.05, 0) is 122 Å². The van der Waals surface area contributed by atoms with Crippen LogP contribution >= 0.6 is 0 Å². The molecule has 8 aromatic rings. The molecule has 0 amide bonds. The predicted octanol–water partition coefficient (Wildman–Crippen LogP) is 15.4. The third-order valence-electron chi connectivity index (χ3n) is 13.7. The van der Waals surface area contributed by atoms with Crippen molar-refractivity contribution in [3.05, 3.63) is 239 Å². The molecule has 2 heteroatoms. The van der Waals surface area contributed by atoms with E-state index < -0.39 is 0 Å². The molecule has 2 nitrogen and oxygen atoms in total. The Morgan fingerprint density at radius 3 is 1.93 bits per heavy atom. The van der Waals surface area contributed by atoms with Gasteiger partial charge >= 0.3 is 0 Å². The minimum Gasteiger partial charge on any atom is -0.484 e. The third-order valence-corrected chi connectivity index (χ3v) is 13.7. The molecular weight excluding hydrogens is 739 g/mol. The van der Waals surface area contributed by atoms with E-state index in [-0.39, 0.29) is 17.4 Å². The lowest BCUT2D eigenvalue weighted by atomic mass is 9.77. The molecule has 8 aromatic carbocycles. The maximum absolute atomic E-state index is 6.59. The zero-order valence-electron chi connectivity index (χ0n) is 34.5. The average molecular weight is 784 g/mol. The number of allylic oxidation sites excluding steroid dienone is 1. The van der Waals surface area contributed by atoms with E-state index in [0.29, 0.717) is 0 Å². The van der Waals surface area contributed by atoms with Crippen molar-refractivity contribution in [2.24, 2.45) is 0 Å². The molecule has 1 heterocycles. The minimum absolute atomic E-state index is 0.00207. The third kappa shape index (κ3) is 5.77. The van der Waals surface area contributed by atoms with Crippen molar-refractivity contribution >= 4 is 28.7 Å². The van der Waals surface area contributed by atoms with E-state index in [0.717, 1.165) is 24.3 Å². The molecule has 0 N–H and O–H groups in total. The Balaban J connectivity index is 0.928. The Morgan fingerprint density at radius 1 is 0.525 bits per heavy atom. The van der Waals surface area contributed by atoms with Gasteiger partial charge in [-0.15, -0.1) is 0 Å². The molecule has 0 radical (unpaired) electrons. The summed E-state index contributed by atoms with van der Waals surface area (Å²) in [4.78, 5) is 2.48. The first kappa shape index (κ1) is 35.8. The van der Waals surface area contributed by atoms with Crippen LogP contribution in [-0.2, 0) is 11.8 Å². The van der Waals surface area contributed by atoms with E-state index in [4.69, 9.17) is 4.74 Å². The summed E-state index contributed by atoms with van der Waals surface area (Å²) in [5.41, 5.74) is 22.6. The number of anilines is 3. The number of nitrogens with zero attached hydrogens (tertiary/aromatic N) is 1. The molecule has 0 saturated heterocycles. The fourth-order valence-electron chi connectivity index (χ4n) is 10.6. The zero-order valence-corrected chi connectivity index (χ0v) is 34.5. The first-order valence-corrected chi connectivity index (χ1v) is 21.7. The fourth-order valence-corrected chi connectivity index (χ4v) is 10.6. The van der Waals surface area contributed by atoms with Crippen LogP contribution in [0.3, 0.4) is 0 Å². The quantitative estimate of drug-likeness (QED) is 0.167. The number of hydrogen-bond donors (Lipinski definition) is 0. The van der Waals surface area contributed by atoms with Crippen molar-refractivity contribution in [2.45, 2.75) is 44.1 Å². The van der Waals surface area contributed by atoms with E-state index in [1.54, 1.807) is 0 Å². The number of fused-ring (bicyclic) bond motifs is 9. The van der Waals surface area contributed by atoms with Gasteiger partial charge in [-0.2, -0.15) is 0 Å². The Kier molecular flexibility index (Phi) is 8.19. The van der Waals surface area contributed by atoms with Crippen LogP contribution in [0.25, 0.3) is 45.0 Å². The van der Waals surface area contributed by atoms with Crippen molar-refractivity contribution in [1.82, 2.24) is 0 Å². The van der Waals surface area contributed by atoms with Crippen LogP contribution in [0.2, 0.25) is 0 Å². The standard InChI is InChI=1S/C59H45NO/c1-59(2)54-35-43(52-37-53-50-19-10-11-22-57(50)61-58(53)51-20-9-8-18-47(51)52)29-33-48(54)49-34-32-45(36-55(49)59)60(56-21-12-16-42-15-6-7-17-46(42)56)44-30-27-41(28-31-44)40-25-23-39(24-26-40)38-13-4-3-5-14-38/h3-5,7-14,16-37,53,58H,6,15H2,1-2H3. The molecule has 0 saturated carbocycles. The molecule has 4 aliphatic rings. The van der Waals surface area contributed by atoms with E-state index in [9.17, 15) is 0 Å². The number of para-hydroxylation sites is 1. The molecule has 0 fully saturated rings. The van der Waals surface area contributed by atoms with Crippen LogP contribution in [-0.4, -0.2) is 0 Å². The molecule has 12 rings (SSSR count). The highest BCUT2D eigenvalue weighted by Gasteiger charge is 2.40. The SMILES string of the molecule is CC1(C)c2cc(C3=CC4c5ccccc5OC4c4ccccc43)ccc2-c2ccc(N(c3ccc(-c4ccc(-c5ccccc5)cc4)cc3)c3cccc4c3C=CCC4)cc21. The van der Waals surface area contributed by atoms with Crippen LogP contribution in [0.1, 0.15) is 76.8 Å². The maximum atomic E-state index is 6.59. The molecule has 2 atom stereocenters. The van der Waals surface area contributed by atoms with Crippen molar-refractivity contribution in [3.8, 4) is 39.1 Å². The number of rotatable bonds is 6. The van der Waals surface area contributed by atoms with E-state index in [1.165, 1.54) is 94.8 Å². The zero-order chi connectivity index (χ0) is 40.7. The lowest BCUT2D eigenvalue weighted by Gasteiger charge is -2.30. The van der Waals surface area contributed by atoms with Crippen LogP contribution in [0.15, 0.2) is 194 Å². The normalized spacial score (nSPS) is 17.2. The number of aryl methyl sites for hydroxylation is 1. The monoisotopic (exact) mass is 783 g/mol. The summed E-state index contributed by atoms with van der Waals surface area (Å²) in [5.74, 6) is 1.18. The summed E-state index contributed by atoms with van der Waals surface area (Å²) >= 11 is 0. The first-order chi connectivity index (χ1) is 30.0. The number of ether oxygens (including phenoxy) is 1. The summed E-state index contributed by atoms with van der Waals surface area (Å²) in [6.45, 7) is 4.81. The van der Waals surface area contributed by atoms with Gasteiger partial charge in [-0.1, -0.05) is 172 Å². The largest absolute Gasteiger partial charge is 0.484 e. The average Bonchev–Trinajstić information content (AvgIpc) is 3.81. The van der Waals surface area contributed by atoms with Crippen LogP contribution < -0.4 is 9.64 Å². The van der Waals surface area contributed by atoms with Gasteiger partial charge in [-0.3, -0.25) is 0 Å². The van der Waals surface area contributed by atoms with Gasteiger partial charge in [0.1, 0.15) is 11.9 Å². The lowest BCUT2D eigenvalue weighted by molar-refractivity contribution is 0.223. The highest BCUT2D eigenvalue weighted by Crippen LogP contribution is 2.55. The Bertz CT molecular complexity index is 3080. The van der Waals surface area contributed by atoms with E-state index in [1.807, 2.05) is 0 Å². The molecule has 3 aliphatic carbocycles. The van der Waals surface area contributed by atoms with Crippen LogP contribution in [0.4, 0.5) is 17.1 Å². The maximum Gasteiger partial charge on any atom is 0.135 e. The Labute approximate surface area is 358 Å². The molecular formula is C59H45NO. The summed E-state index contributed by atoms with van der Waals surface area (Å²) in [6.07, 6.45) is 9.25. The number of benzene rings is 8. The van der Waals surface area contributed by atoms with Crippen molar-refractivity contribution in [1.29, 1.82) is 0 Å². The van der Waals surface area contributed by atoms with Crippen LogP contribution in [0, 0.1) is 0 Å². The summed E-state index contributed by atoms with van der Waals surface area (Å²) in [7, 11) is 0. The van der Waals surface area contributed by atoms with Gasteiger partial charge < -0.3 is 9.64 Å². The van der Waals surface area contributed by atoms with Crippen molar-refractivity contribution in [2.75, 3.05) is 4.90 Å². The predicted molar refractivity (Wildman–Crippen MR) is 253 cm³/mol. The Hall–Kier alpha value is -7.16. The van der Waals surface area contributed by atoms with Gasteiger partial charge in [0.25, 0.3) is 0 Å². The first-order valence-electron chi connectivity index (χ1n) is 21.7. The van der Waals surface area contributed by atoms with Gasteiger partial charge in [0.15, 0.2) is 0 Å². The molecule has 0 bridgehead atoms. The molecule has 2 unspecified atom stereocenters. The highest BCUT2D eigenvalue weighted by molar-refractivity contribution is 5.91. The highest BCUT2D eigenvalue weighted by atomic mass is 16.5. The Morgan fingerprint density at radius 2 is 1.15 bits per heavy atom. The van der Waals surface area contributed by atoms with Crippen LogP contribution in [0.5, 0.6) is 5.75 Å². The van der Waals surface area contributed by atoms with E-state index in [2.05, 4.69) is 219 Å². The fraction of sp³-hybridized carbons (Fsp3) is 0.119. The van der Waals surface area contributed by atoms with Crippen molar-refractivity contribution < 1.29 is 4.74 Å². The minimum atomic E-state index is -0.214. The second-order valence-electron chi connectivity index (χ2n) is 17.5. The molecule has 292 valence electrons. The summed E-state index contributed by atoms with van der Waals surface area (Å²) in [5, 5.41) is 0. The van der Waals surface area contributed by atoms with Gasteiger partial charge in [0, 0.05) is 39.4 Å². The smallest absolute Gasteiger partial charge is 0.135 e. The van der Waals surface area contributed by atoms with Gasteiger partial charge in [0.2, 0.25) is 0 Å².